The lowest BCUT2D eigenvalue weighted by Crippen LogP contribution is -2.23. The van der Waals surface area contributed by atoms with Crippen LogP contribution >= 0.6 is 0 Å². The summed E-state index contributed by atoms with van der Waals surface area (Å²) in [6.45, 7) is 6.42. The van der Waals surface area contributed by atoms with Crippen LogP contribution in [0.4, 0.5) is 0 Å². The van der Waals surface area contributed by atoms with Crippen molar-refractivity contribution in [2.75, 3.05) is 39.6 Å². The third-order valence-corrected chi connectivity index (χ3v) is 4.37. The number of carbonyl (C=O) groups excluding carboxylic acids is 2. The molecular formula is C22H24O6. The normalized spacial score (nSPS) is 12.5. The van der Waals surface area contributed by atoms with Crippen molar-refractivity contribution in [2.45, 2.75) is 13.8 Å². The van der Waals surface area contributed by atoms with E-state index in [9.17, 15) is 9.59 Å². The number of fused-ring (bicyclic) bond motifs is 2. The Morgan fingerprint density at radius 3 is 1.46 bits per heavy atom. The quantitative estimate of drug-likeness (QED) is 0.500. The van der Waals surface area contributed by atoms with E-state index in [1.807, 2.05) is 13.8 Å². The molecule has 0 bridgehead atoms. The van der Waals surface area contributed by atoms with E-state index in [0.29, 0.717) is 73.4 Å². The van der Waals surface area contributed by atoms with Crippen LogP contribution in [0, 0.1) is 0 Å². The van der Waals surface area contributed by atoms with Gasteiger partial charge in [0.05, 0.1) is 24.3 Å². The summed E-state index contributed by atoms with van der Waals surface area (Å²) in [5.41, 5.74) is 1.24. The Labute approximate surface area is 164 Å². The van der Waals surface area contributed by atoms with Crippen molar-refractivity contribution in [2.24, 2.45) is 0 Å². The van der Waals surface area contributed by atoms with Gasteiger partial charge in [-0.05, 0) is 26.0 Å². The van der Waals surface area contributed by atoms with Crippen molar-refractivity contribution < 1.29 is 28.5 Å². The SMILES string of the molecule is CCOCCOc1cccc2c1C(=O)c1cccc(OCCOCC)c1C2=O. The zero-order valence-corrected chi connectivity index (χ0v) is 16.2. The Morgan fingerprint density at radius 1 is 0.643 bits per heavy atom. The number of carbonyl (C=O) groups is 2. The second-order valence-corrected chi connectivity index (χ2v) is 6.11. The zero-order valence-electron chi connectivity index (χ0n) is 16.2. The van der Waals surface area contributed by atoms with Gasteiger partial charge in [0.1, 0.15) is 24.7 Å². The van der Waals surface area contributed by atoms with Gasteiger partial charge >= 0.3 is 0 Å². The second kappa shape index (κ2) is 9.48. The molecule has 1 aliphatic carbocycles. The van der Waals surface area contributed by atoms with Gasteiger partial charge in [0, 0.05) is 24.3 Å². The number of ether oxygens (including phenoxy) is 4. The third kappa shape index (κ3) is 4.08. The standard InChI is InChI=1S/C22H24O6/c1-3-25-11-13-27-17-9-5-7-15-19(17)21(23)16-8-6-10-18(20(16)22(15)24)28-14-12-26-4-2/h5-10H,3-4,11-14H2,1-2H3. The van der Waals surface area contributed by atoms with E-state index in [4.69, 9.17) is 18.9 Å². The molecule has 148 valence electrons. The molecule has 0 spiro atoms. The van der Waals surface area contributed by atoms with Crippen molar-refractivity contribution >= 4 is 11.6 Å². The molecule has 0 saturated heterocycles. The number of benzene rings is 2. The zero-order chi connectivity index (χ0) is 19.9. The summed E-state index contributed by atoms with van der Waals surface area (Å²) in [5, 5.41) is 0. The number of hydrogen-bond donors (Lipinski definition) is 0. The fraction of sp³-hybridized carbons (Fsp3) is 0.364. The molecule has 0 fully saturated rings. The maximum Gasteiger partial charge on any atom is 0.198 e. The van der Waals surface area contributed by atoms with Gasteiger partial charge in [0.2, 0.25) is 0 Å². The van der Waals surface area contributed by atoms with Crippen LogP contribution in [0.5, 0.6) is 11.5 Å². The average Bonchev–Trinajstić information content (AvgIpc) is 2.72. The highest BCUT2D eigenvalue weighted by Gasteiger charge is 2.34. The summed E-state index contributed by atoms with van der Waals surface area (Å²) in [4.78, 5) is 26.3. The summed E-state index contributed by atoms with van der Waals surface area (Å²) in [5.74, 6) is 0.298. The first-order valence-electron chi connectivity index (χ1n) is 9.45. The lowest BCUT2D eigenvalue weighted by molar-refractivity contribution is 0.0951. The molecule has 28 heavy (non-hydrogen) atoms. The van der Waals surface area contributed by atoms with Crippen molar-refractivity contribution in [3.63, 3.8) is 0 Å². The maximum atomic E-state index is 13.1. The Balaban J connectivity index is 1.90. The summed E-state index contributed by atoms with van der Waals surface area (Å²) >= 11 is 0. The van der Waals surface area contributed by atoms with E-state index in [1.165, 1.54) is 0 Å². The van der Waals surface area contributed by atoms with Gasteiger partial charge in [-0.3, -0.25) is 9.59 Å². The van der Waals surface area contributed by atoms with Crippen LogP contribution in [0.15, 0.2) is 36.4 Å². The minimum absolute atomic E-state index is 0.244. The number of ketones is 2. The molecule has 0 aromatic heterocycles. The lowest BCUT2D eigenvalue weighted by atomic mass is 9.83. The summed E-state index contributed by atoms with van der Waals surface area (Å²) in [6.07, 6.45) is 0. The van der Waals surface area contributed by atoms with E-state index in [-0.39, 0.29) is 11.6 Å². The summed E-state index contributed by atoms with van der Waals surface area (Å²) in [7, 11) is 0. The molecule has 6 heteroatoms. The molecule has 0 amide bonds. The van der Waals surface area contributed by atoms with Gasteiger partial charge in [0.25, 0.3) is 0 Å². The van der Waals surface area contributed by atoms with Crippen molar-refractivity contribution in [1.29, 1.82) is 0 Å². The van der Waals surface area contributed by atoms with Gasteiger partial charge in [-0.25, -0.2) is 0 Å². The Hall–Kier alpha value is -2.70. The summed E-state index contributed by atoms with van der Waals surface area (Å²) < 4.78 is 22.0. The van der Waals surface area contributed by atoms with Gasteiger partial charge < -0.3 is 18.9 Å². The van der Waals surface area contributed by atoms with E-state index in [2.05, 4.69) is 0 Å². The van der Waals surface area contributed by atoms with Crippen LogP contribution in [-0.2, 0) is 9.47 Å². The van der Waals surface area contributed by atoms with Crippen molar-refractivity contribution in [3.8, 4) is 11.5 Å². The van der Waals surface area contributed by atoms with Crippen LogP contribution in [0.25, 0.3) is 0 Å². The molecule has 0 N–H and O–H groups in total. The number of rotatable bonds is 10. The van der Waals surface area contributed by atoms with E-state index in [1.54, 1.807) is 36.4 Å². The van der Waals surface area contributed by atoms with Crippen LogP contribution < -0.4 is 9.47 Å². The highest BCUT2D eigenvalue weighted by molar-refractivity contribution is 6.30. The van der Waals surface area contributed by atoms with Crippen LogP contribution in [-0.4, -0.2) is 51.2 Å². The first-order valence-corrected chi connectivity index (χ1v) is 9.45. The molecule has 3 rings (SSSR count). The van der Waals surface area contributed by atoms with E-state index in [0.717, 1.165) is 0 Å². The summed E-state index contributed by atoms with van der Waals surface area (Å²) in [6, 6.07) is 10.1. The molecule has 0 aliphatic heterocycles. The van der Waals surface area contributed by atoms with Gasteiger partial charge in [0.15, 0.2) is 11.6 Å². The molecule has 0 radical (unpaired) electrons. The van der Waals surface area contributed by atoms with E-state index < -0.39 is 0 Å². The highest BCUT2D eigenvalue weighted by Crippen LogP contribution is 2.37. The van der Waals surface area contributed by atoms with Crippen molar-refractivity contribution in [1.82, 2.24) is 0 Å². The molecule has 1 aliphatic rings. The first-order chi connectivity index (χ1) is 13.7. The minimum Gasteiger partial charge on any atom is -0.490 e. The predicted molar refractivity (Wildman–Crippen MR) is 104 cm³/mol. The van der Waals surface area contributed by atoms with Crippen LogP contribution in [0.3, 0.4) is 0 Å². The van der Waals surface area contributed by atoms with Gasteiger partial charge in [-0.2, -0.15) is 0 Å². The lowest BCUT2D eigenvalue weighted by Gasteiger charge is -2.22. The fourth-order valence-electron chi connectivity index (χ4n) is 3.13. The Morgan fingerprint density at radius 2 is 1.07 bits per heavy atom. The number of hydrogen-bond acceptors (Lipinski definition) is 6. The maximum absolute atomic E-state index is 13.1. The average molecular weight is 384 g/mol. The largest absolute Gasteiger partial charge is 0.490 e. The molecule has 0 atom stereocenters. The predicted octanol–water partition coefficient (Wildman–Crippen LogP) is 3.29. The molecule has 0 unspecified atom stereocenters. The minimum atomic E-state index is -0.244. The molecular weight excluding hydrogens is 360 g/mol. The first kappa shape index (κ1) is 20.0. The van der Waals surface area contributed by atoms with Crippen LogP contribution in [0.1, 0.15) is 45.7 Å². The topological polar surface area (TPSA) is 71.1 Å². The Bertz CT molecular complexity index is 787. The molecule has 0 saturated carbocycles. The Kier molecular flexibility index (Phi) is 6.79. The van der Waals surface area contributed by atoms with Crippen LogP contribution in [0.2, 0.25) is 0 Å². The van der Waals surface area contributed by atoms with Gasteiger partial charge in [-0.15, -0.1) is 0 Å². The second-order valence-electron chi connectivity index (χ2n) is 6.11. The third-order valence-electron chi connectivity index (χ3n) is 4.37. The van der Waals surface area contributed by atoms with Crippen molar-refractivity contribution in [3.05, 3.63) is 58.7 Å². The fourth-order valence-corrected chi connectivity index (χ4v) is 3.13. The molecule has 2 aromatic rings. The van der Waals surface area contributed by atoms with E-state index >= 15 is 0 Å². The molecule has 2 aromatic carbocycles. The highest BCUT2D eigenvalue weighted by atomic mass is 16.5. The smallest absolute Gasteiger partial charge is 0.198 e. The molecule has 6 nitrogen and oxygen atoms in total. The monoisotopic (exact) mass is 384 g/mol. The molecule has 0 heterocycles. The van der Waals surface area contributed by atoms with Gasteiger partial charge in [-0.1, -0.05) is 24.3 Å².